The molecule has 182 valence electrons. The molecule has 32 heavy (non-hydrogen) atoms. The summed E-state index contributed by atoms with van der Waals surface area (Å²) in [5, 5.41) is 34.1. The molecule has 2 saturated heterocycles. The topological polar surface area (TPSA) is 122 Å². The molecule has 3 rings (SSSR count). The van der Waals surface area contributed by atoms with Gasteiger partial charge in [0.2, 0.25) is 17.8 Å². The minimum absolute atomic E-state index is 0.110. The van der Waals surface area contributed by atoms with Gasteiger partial charge in [0.25, 0.3) is 0 Å². The lowest BCUT2D eigenvalue weighted by atomic mass is 9.79. The molecule has 5 N–H and O–H groups in total. The predicted molar refractivity (Wildman–Crippen MR) is 126 cm³/mol. The molecule has 0 atom stereocenters. The summed E-state index contributed by atoms with van der Waals surface area (Å²) in [4.78, 5) is 13.7. The molecule has 0 saturated carbocycles. The van der Waals surface area contributed by atoms with Crippen molar-refractivity contribution in [1.82, 2.24) is 25.1 Å². The van der Waals surface area contributed by atoms with Gasteiger partial charge in [0.05, 0.1) is 0 Å². The largest absolute Gasteiger partial charge is 0.357 e. The molecule has 0 bridgehead atoms. The van der Waals surface area contributed by atoms with Crippen molar-refractivity contribution in [3.05, 3.63) is 0 Å². The maximum atomic E-state index is 10.6. The predicted octanol–water partition coefficient (Wildman–Crippen LogP) is 3.56. The first-order valence-electron chi connectivity index (χ1n) is 11.5. The van der Waals surface area contributed by atoms with Gasteiger partial charge in [0.1, 0.15) is 0 Å². The van der Waals surface area contributed by atoms with Crippen LogP contribution in [0.25, 0.3) is 0 Å². The highest BCUT2D eigenvalue weighted by Gasteiger charge is 2.46. The molecule has 0 radical (unpaired) electrons. The SMILES string of the molecule is CNc1nc(NC2CC(C)(C)N(O)C(C)(C)C2)nc(NC2CC(C)(C)N(O)C(C)(C)C2)n1. The van der Waals surface area contributed by atoms with E-state index in [2.05, 4.69) is 30.9 Å². The number of nitrogens with zero attached hydrogens (tertiary/aromatic N) is 5. The van der Waals surface area contributed by atoms with Gasteiger partial charge in [0, 0.05) is 41.3 Å². The van der Waals surface area contributed by atoms with E-state index in [1.54, 1.807) is 7.05 Å². The van der Waals surface area contributed by atoms with Gasteiger partial charge in [-0.05, 0) is 81.1 Å². The van der Waals surface area contributed by atoms with Gasteiger partial charge in [-0.3, -0.25) is 0 Å². The Balaban J connectivity index is 1.79. The molecule has 0 spiro atoms. The maximum Gasteiger partial charge on any atom is 0.229 e. The monoisotopic (exact) mass is 450 g/mol. The molecule has 0 amide bonds. The molecule has 3 heterocycles. The van der Waals surface area contributed by atoms with Crippen molar-refractivity contribution in [2.45, 2.75) is 115 Å². The Labute approximate surface area is 192 Å². The molecule has 10 nitrogen and oxygen atoms in total. The fourth-order valence-electron chi connectivity index (χ4n) is 5.73. The van der Waals surface area contributed by atoms with Crippen molar-refractivity contribution in [3.8, 4) is 0 Å². The fraction of sp³-hybridized carbons (Fsp3) is 0.864. The molecule has 1 aromatic heterocycles. The van der Waals surface area contributed by atoms with Crippen LogP contribution < -0.4 is 16.0 Å². The summed E-state index contributed by atoms with van der Waals surface area (Å²) in [6, 6.07) is 0.220. The van der Waals surface area contributed by atoms with Gasteiger partial charge in [0.15, 0.2) is 0 Å². The third kappa shape index (κ3) is 5.08. The number of anilines is 3. The molecule has 1 aromatic rings. The fourth-order valence-corrected chi connectivity index (χ4v) is 5.73. The second kappa shape index (κ2) is 8.23. The number of piperidine rings is 2. The summed E-state index contributed by atoms with van der Waals surface area (Å²) in [6.45, 7) is 16.3. The summed E-state index contributed by atoms with van der Waals surface area (Å²) in [5.74, 6) is 1.50. The third-order valence-electron chi connectivity index (χ3n) is 6.80. The summed E-state index contributed by atoms with van der Waals surface area (Å²) >= 11 is 0. The van der Waals surface area contributed by atoms with Crippen LogP contribution in [-0.4, -0.2) is 76.8 Å². The van der Waals surface area contributed by atoms with Gasteiger partial charge in [-0.2, -0.15) is 25.1 Å². The molecule has 10 heteroatoms. The quantitative estimate of drug-likeness (QED) is 0.455. The van der Waals surface area contributed by atoms with E-state index in [-0.39, 0.29) is 34.2 Å². The lowest BCUT2D eigenvalue weighted by Gasteiger charge is -2.51. The van der Waals surface area contributed by atoms with Crippen molar-refractivity contribution < 1.29 is 10.4 Å². The van der Waals surface area contributed by atoms with Crippen LogP contribution in [0.4, 0.5) is 17.8 Å². The molecule has 0 unspecified atom stereocenters. The number of hydrogen-bond acceptors (Lipinski definition) is 10. The Morgan fingerprint density at radius 1 is 0.625 bits per heavy atom. The summed E-state index contributed by atoms with van der Waals surface area (Å²) in [7, 11) is 1.79. The first kappa shape index (κ1) is 24.9. The lowest BCUT2D eigenvalue weighted by molar-refractivity contribution is -0.243. The molecule has 2 aliphatic heterocycles. The standard InChI is InChI=1S/C22H42N8O2/c1-19(2)10-14(11-20(3,4)29(19)31)24-17-26-16(23-9)27-18(28-17)25-15-12-21(5,6)30(32)22(7,8)13-15/h14-15,31-32H,10-13H2,1-9H3,(H3,23,24,25,26,27,28). The van der Waals surface area contributed by atoms with Gasteiger partial charge >= 0.3 is 0 Å². The second-order valence-electron chi connectivity index (χ2n) is 11.9. The van der Waals surface area contributed by atoms with E-state index in [4.69, 9.17) is 0 Å². The number of nitrogens with one attached hydrogen (secondary N) is 3. The van der Waals surface area contributed by atoms with Gasteiger partial charge in [-0.1, -0.05) is 0 Å². The zero-order chi connectivity index (χ0) is 24.1. The summed E-state index contributed by atoms with van der Waals surface area (Å²) in [6.07, 6.45) is 3.03. The zero-order valence-electron chi connectivity index (χ0n) is 21.1. The molecular weight excluding hydrogens is 408 g/mol. The maximum absolute atomic E-state index is 10.6. The first-order chi connectivity index (χ1) is 14.6. The first-order valence-corrected chi connectivity index (χ1v) is 11.5. The Bertz CT molecular complexity index is 728. The highest BCUT2D eigenvalue weighted by Crippen LogP contribution is 2.39. The number of hydrogen-bond donors (Lipinski definition) is 5. The minimum Gasteiger partial charge on any atom is -0.357 e. The second-order valence-corrected chi connectivity index (χ2v) is 11.9. The Hall–Kier alpha value is -1.75. The summed E-state index contributed by atoms with van der Waals surface area (Å²) in [5.41, 5.74) is -1.47. The number of aromatic nitrogens is 3. The molecular formula is C22H42N8O2. The Kier molecular flexibility index (Phi) is 6.40. The normalized spacial score (nSPS) is 26.0. The highest BCUT2D eigenvalue weighted by atomic mass is 16.5. The minimum atomic E-state index is -0.366. The number of hydroxylamine groups is 4. The van der Waals surface area contributed by atoms with E-state index >= 15 is 0 Å². The van der Waals surface area contributed by atoms with E-state index in [0.29, 0.717) is 17.8 Å². The molecule has 2 aliphatic rings. The molecule has 0 aromatic carbocycles. The zero-order valence-corrected chi connectivity index (χ0v) is 21.1. The van der Waals surface area contributed by atoms with Crippen LogP contribution in [0.1, 0.15) is 81.1 Å². The van der Waals surface area contributed by atoms with E-state index in [1.807, 2.05) is 55.4 Å². The van der Waals surface area contributed by atoms with Crippen molar-refractivity contribution in [1.29, 1.82) is 0 Å². The Morgan fingerprint density at radius 2 is 0.906 bits per heavy atom. The van der Waals surface area contributed by atoms with E-state index in [1.165, 1.54) is 10.1 Å². The van der Waals surface area contributed by atoms with Gasteiger partial charge < -0.3 is 26.4 Å². The summed E-state index contributed by atoms with van der Waals surface area (Å²) < 4.78 is 0. The highest BCUT2D eigenvalue weighted by molar-refractivity contribution is 5.43. The van der Waals surface area contributed by atoms with Crippen molar-refractivity contribution >= 4 is 17.8 Å². The van der Waals surface area contributed by atoms with Crippen LogP contribution in [0.2, 0.25) is 0 Å². The van der Waals surface area contributed by atoms with Crippen LogP contribution in [0, 0.1) is 0 Å². The molecule has 2 fully saturated rings. The van der Waals surface area contributed by atoms with E-state index in [0.717, 1.165) is 25.7 Å². The van der Waals surface area contributed by atoms with Crippen molar-refractivity contribution in [2.75, 3.05) is 23.0 Å². The van der Waals surface area contributed by atoms with Crippen LogP contribution in [-0.2, 0) is 0 Å². The van der Waals surface area contributed by atoms with Gasteiger partial charge in [-0.15, -0.1) is 0 Å². The van der Waals surface area contributed by atoms with Crippen molar-refractivity contribution in [3.63, 3.8) is 0 Å². The Morgan fingerprint density at radius 3 is 1.19 bits per heavy atom. The van der Waals surface area contributed by atoms with Crippen LogP contribution in [0.5, 0.6) is 0 Å². The third-order valence-corrected chi connectivity index (χ3v) is 6.80. The van der Waals surface area contributed by atoms with E-state index in [9.17, 15) is 10.4 Å². The van der Waals surface area contributed by atoms with Crippen molar-refractivity contribution in [2.24, 2.45) is 0 Å². The van der Waals surface area contributed by atoms with E-state index < -0.39 is 0 Å². The van der Waals surface area contributed by atoms with Crippen LogP contribution in [0.15, 0.2) is 0 Å². The van der Waals surface area contributed by atoms with Crippen LogP contribution >= 0.6 is 0 Å². The lowest BCUT2D eigenvalue weighted by Crippen LogP contribution is -2.61. The van der Waals surface area contributed by atoms with Gasteiger partial charge in [-0.25, -0.2) is 0 Å². The number of rotatable bonds is 5. The average Bonchev–Trinajstić information content (AvgIpc) is 2.63. The smallest absolute Gasteiger partial charge is 0.229 e. The molecule has 0 aliphatic carbocycles. The van der Waals surface area contributed by atoms with Crippen LogP contribution in [0.3, 0.4) is 0 Å². The average molecular weight is 451 g/mol.